The zero-order valence-electron chi connectivity index (χ0n) is 22.0. The number of carboxylic acid groups (broad SMARTS) is 1. The first-order chi connectivity index (χ1) is 16.1. The maximum Gasteiger partial charge on any atom is 0.309 e. The molecule has 0 amide bonds. The van der Waals surface area contributed by atoms with Gasteiger partial charge in [0, 0.05) is 0 Å². The Morgan fingerprint density at radius 1 is 0.667 bits per heavy atom. The molecule has 0 aliphatic carbocycles. The van der Waals surface area contributed by atoms with Gasteiger partial charge in [-0.3, -0.25) is 9.59 Å². The van der Waals surface area contributed by atoms with E-state index in [1.165, 1.54) is 89.9 Å². The molecule has 0 heterocycles. The number of rotatable bonds is 25. The Kier molecular flexibility index (Phi) is 24.3. The van der Waals surface area contributed by atoms with Crippen LogP contribution in [0.5, 0.6) is 0 Å². The highest BCUT2D eigenvalue weighted by Gasteiger charge is 2.22. The van der Waals surface area contributed by atoms with Crippen molar-refractivity contribution < 1.29 is 19.4 Å². The van der Waals surface area contributed by atoms with Gasteiger partial charge in [0.2, 0.25) is 0 Å². The van der Waals surface area contributed by atoms with Crippen LogP contribution in [0.3, 0.4) is 0 Å². The summed E-state index contributed by atoms with van der Waals surface area (Å²) in [4.78, 5) is 23.0. The van der Waals surface area contributed by atoms with E-state index in [4.69, 9.17) is 9.84 Å². The van der Waals surface area contributed by atoms with E-state index in [0.29, 0.717) is 13.0 Å². The van der Waals surface area contributed by atoms with Crippen LogP contribution in [0.25, 0.3) is 0 Å². The van der Waals surface area contributed by atoms with Gasteiger partial charge in [-0.25, -0.2) is 0 Å². The van der Waals surface area contributed by atoms with Crippen molar-refractivity contribution in [1.29, 1.82) is 0 Å². The molecule has 0 aliphatic heterocycles. The van der Waals surface area contributed by atoms with E-state index in [2.05, 4.69) is 19.1 Å². The number of carbonyl (C=O) groups excluding carboxylic acids is 1. The minimum atomic E-state index is -0.924. The highest BCUT2D eigenvalue weighted by Crippen LogP contribution is 2.17. The molecule has 0 spiro atoms. The number of unbranched alkanes of at least 4 members (excludes halogenated alkanes) is 16. The largest absolute Gasteiger partial charge is 0.481 e. The molecule has 0 saturated heterocycles. The summed E-state index contributed by atoms with van der Waals surface area (Å²) in [5.41, 5.74) is 0. The molecule has 0 radical (unpaired) electrons. The highest BCUT2D eigenvalue weighted by molar-refractivity contribution is 5.79. The average molecular weight is 467 g/mol. The van der Waals surface area contributed by atoms with Crippen LogP contribution in [0.2, 0.25) is 0 Å². The molecule has 0 aliphatic rings. The van der Waals surface area contributed by atoms with Crippen LogP contribution in [0.15, 0.2) is 12.2 Å². The van der Waals surface area contributed by atoms with Gasteiger partial charge in [0.05, 0.1) is 18.9 Å². The molecule has 0 rings (SSSR count). The lowest BCUT2D eigenvalue weighted by molar-refractivity contribution is -0.153. The molecule has 0 saturated carbocycles. The standard InChI is InChI=1S/C29H54O4/c1-3-5-6-7-8-9-10-11-12-13-14-15-16-17-18-19-20-21-22-23-24-27(26-28(30)31)29(32)33-25-4-2/h17-18,27H,3-16,19-26H2,1-2H3,(H,30,31)/b18-17+. The molecule has 0 aromatic rings. The van der Waals surface area contributed by atoms with Gasteiger partial charge in [-0.05, 0) is 38.5 Å². The van der Waals surface area contributed by atoms with Crippen molar-refractivity contribution in [2.45, 2.75) is 149 Å². The van der Waals surface area contributed by atoms with E-state index in [1.807, 2.05) is 6.92 Å². The predicted molar refractivity (Wildman–Crippen MR) is 140 cm³/mol. The van der Waals surface area contributed by atoms with Gasteiger partial charge in [0.1, 0.15) is 0 Å². The lowest BCUT2D eigenvalue weighted by atomic mass is 9.97. The molecule has 4 nitrogen and oxygen atoms in total. The molecule has 0 aromatic heterocycles. The third kappa shape index (κ3) is 23.6. The number of carboxylic acids is 1. The van der Waals surface area contributed by atoms with Crippen molar-refractivity contribution in [2.24, 2.45) is 5.92 Å². The molecule has 1 unspecified atom stereocenters. The summed E-state index contributed by atoms with van der Waals surface area (Å²) < 4.78 is 5.14. The first-order valence-corrected chi connectivity index (χ1v) is 14.1. The number of hydrogen-bond donors (Lipinski definition) is 1. The van der Waals surface area contributed by atoms with E-state index >= 15 is 0 Å². The number of carbonyl (C=O) groups is 2. The summed E-state index contributed by atoms with van der Waals surface area (Å²) in [5.74, 6) is -1.77. The Labute approximate surface area is 204 Å². The van der Waals surface area contributed by atoms with Gasteiger partial charge in [-0.1, -0.05) is 116 Å². The first kappa shape index (κ1) is 31.7. The van der Waals surface area contributed by atoms with Crippen LogP contribution < -0.4 is 0 Å². The quantitative estimate of drug-likeness (QED) is 0.0828. The number of hydrogen-bond acceptors (Lipinski definition) is 3. The van der Waals surface area contributed by atoms with Gasteiger partial charge in [-0.2, -0.15) is 0 Å². The van der Waals surface area contributed by atoms with E-state index in [0.717, 1.165) is 32.1 Å². The fourth-order valence-electron chi connectivity index (χ4n) is 4.18. The first-order valence-electron chi connectivity index (χ1n) is 14.1. The highest BCUT2D eigenvalue weighted by atomic mass is 16.5. The van der Waals surface area contributed by atoms with Crippen molar-refractivity contribution in [3.8, 4) is 0 Å². The van der Waals surface area contributed by atoms with Crippen LogP contribution in [-0.2, 0) is 14.3 Å². The zero-order chi connectivity index (χ0) is 24.4. The minimum Gasteiger partial charge on any atom is -0.481 e. The fraction of sp³-hybridized carbons (Fsp3) is 0.862. The van der Waals surface area contributed by atoms with Crippen LogP contribution in [0, 0.1) is 5.92 Å². The molecule has 0 bridgehead atoms. The van der Waals surface area contributed by atoms with Crippen LogP contribution in [0.1, 0.15) is 149 Å². The van der Waals surface area contributed by atoms with Gasteiger partial charge >= 0.3 is 11.9 Å². The van der Waals surface area contributed by atoms with Crippen LogP contribution >= 0.6 is 0 Å². The Morgan fingerprint density at radius 2 is 1.12 bits per heavy atom. The van der Waals surface area contributed by atoms with Crippen LogP contribution in [0.4, 0.5) is 0 Å². The maximum atomic E-state index is 12.0. The Hall–Kier alpha value is -1.32. The monoisotopic (exact) mass is 466 g/mol. The number of ether oxygens (including phenoxy) is 1. The average Bonchev–Trinajstić information content (AvgIpc) is 2.80. The molecular weight excluding hydrogens is 412 g/mol. The molecule has 0 fully saturated rings. The normalized spacial score (nSPS) is 12.3. The van der Waals surface area contributed by atoms with Crippen molar-refractivity contribution in [3.05, 3.63) is 12.2 Å². The second-order valence-corrected chi connectivity index (χ2v) is 9.60. The third-order valence-corrected chi connectivity index (χ3v) is 6.27. The summed E-state index contributed by atoms with van der Waals surface area (Å²) in [6, 6.07) is 0. The summed E-state index contributed by atoms with van der Waals surface area (Å²) >= 11 is 0. The fourth-order valence-corrected chi connectivity index (χ4v) is 4.18. The number of allylic oxidation sites excluding steroid dienone is 2. The maximum absolute atomic E-state index is 12.0. The van der Waals surface area contributed by atoms with Gasteiger partial charge < -0.3 is 9.84 Å². The molecule has 1 N–H and O–H groups in total. The van der Waals surface area contributed by atoms with E-state index in [9.17, 15) is 9.59 Å². The lowest BCUT2D eigenvalue weighted by Gasteiger charge is -2.13. The number of aliphatic carboxylic acids is 1. The molecule has 194 valence electrons. The second kappa shape index (κ2) is 25.3. The smallest absolute Gasteiger partial charge is 0.309 e. The summed E-state index contributed by atoms with van der Waals surface area (Å²) in [7, 11) is 0. The summed E-state index contributed by atoms with van der Waals surface area (Å²) in [6.07, 6.45) is 29.2. The van der Waals surface area contributed by atoms with Crippen LogP contribution in [-0.4, -0.2) is 23.7 Å². The molecular formula is C29H54O4. The topological polar surface area (TPSA) is 63.6 Å². The SMILES string of the molecule is CCCCCCCCCCCCCC/C=C/CCCCCCC(CC(=O)O)C(=O)OCCC. The van der Waals surface area contributed by atoms with Gasteiger partial charge in [0.25, 0.3) is 0 Å². The summed E-state index contributed by atoms with van der Waals surface area (Å²) in [5, 5.41) is 9.01. The van der Waals surface area contributed by atoms with E-state index in [1.54, 1.807) is 0 Å². The van der Waals surface area contributed by atoms with Gasteiger partial charge in [-0.15, -0.1) is 0 Å². The lowest BCUT2D eigenvalue weighted by Crippen LogP contribution is -2.21. The predicted octanol–water partition coefficient (Wildman–Crippen LogP) is 9.02. The van der Waals surface area contributed by atoms with Crippen molar-refractivity contribution in [3.63, 3.8) is 0 Å². The zero-order valence-corrected chi connectivity index (χ0v) is 22.0. The minimum absolute atomic E-state index is 0.121. The summed E-state index contributed by atoms with van der Waals surface area (Å²) in [6.45, 7) is 4.59. The number of esters is 1. The second-order valence-electron chi connectivity index (χ2n) is 9.60. The van der Waals surface area contributed by atoms with E-state index in [-0.39, 0.29) is 12.4 Å². The van der Waals surface area contributed by atoms with Crippen molar-refractivity contribution in [1.82, 2.24) is 0 Å². The van der Waals surface area contributed by atoms with E-state index < -0.39 is 11.9 Å². The van der Waals surface area contributed by atoms with Gasteiger partial charge in [0.15, 0.2) is 0 Å². The molecule has 0 aromatic carbocycles. The Morgan fingerprint density at radius 3 is 1.58 bits per heavy atom. The molecule has 1 atom stereocenters. The van der Waals surface area contributed by atoms with Crippen molar-refractivity contribution >= 4 is 11.9 Å². The van der Waals surface area contributed by atoms with Crippen molar-refractivity contribution in [2.75, 3.05) is 6.61 Å². The Balaban J connectivity index is 3.48. The third-order valence-electron chi connectivity index (χ3n) is 6.27. The Bertz CT molecular complexity index is 472. The molecule has 4 heteroatoms. The molecule has 33 heavy (non-hydrogen) atoms.